The lowest BCUT2D eigenvalue weighted by Crippen LogP contribution is -2.09. The molecule has 0 aromatic carbocycles. The fraction of sp³-hybridized carbons (Fsp3) is 0.125. The van der Waals surface area contributed by atoms with Crippen molar-refractivity contribution in [2.24, 2.45) is 0 Å². The summed E-state index contributed by atoms with van der Waals surface area (Å²) in [6.45, 7) is 0. The van der Waals surface area contributed by atoms with Crippen LogP contribution in [-0.2, 0) is 0 Å². The Morgan fingerprint density at radius 3 is 2.60 bits per heavy atom. The Morgan fingerprint density at radius 2 is 2.20 bits per heavy atom. The molecule has 0 saturated heterocycles. The number of aromatic nitrogens is 1. The van der Waals surface area contributed by atoms with Gasteiger partial charge in [-0.1, -0.05) is 0 Å². The van der Waals surface area contributed by atoms with E-state index in [2.05, 4.69) is 4.98 Å². The molecule has 0 aliphatic rings. The summed E-state index contributed by atoms with van der Waals surface area (Å²) >= 11 is 0. The van der Waals surface area contributed by atoms with E-state index in [1.54, 1.807) is 0 Å². The summed E-state index contributed by atoms with van der Waals surface area (Å²) in [4.78, 5) is 13.3. The SMILES string of the molecule is N#Cc1c(C(F)F)cc(F)nc1C(=O)O. The van der Waals surface area contributed by atoms with E-state index in [1.807, 2.05) is 0 Å². The maximum atomic E-state index is 12.6. The number of aromatic carboxylic acids is 1. The lowest BCUT2D eigenvalue weighted by molar-refractivity contribution is 0.0688. The number of hydrogen-bond acceptors (Lipinski definition) is 3. The van der Waals surface area contributed by atoms with Crippen LogP contribution in [0.5, 0.6) is 0 Å². The average Bonchev–Trinajstić information content (AvgIpc) is 2.16. The van der Waals surface area contributed by atoms with E-state index in [9.17, 15) is 18.0 Å². The number of pyridine rings is 1. The lowest BCUT2D eigenvalue weighted by atomic mass is 10.1. The molecule has 0 amide bonds. The van der Waals surface area contributed by atoms with Crippen molar-refractivity contribution in [1.29, 1.82) is 5.26 Å². The van der Waals surface area contributed by atoms with Gasteiger partial charge in [0, 0.05) is 11.6 Å². The number of nitrogens with zero attached hydrogens (tertiary/aromatic N) is 2. The number of halogens is 3. The molecule has 0 bridgehead atoms. The number of carbonyl (C=O) groups is 1. The third-order valence-corrected chi connectivity index (χ3v) is 1.57. The maximum absolute atomic E-state index is 12.6. The van der Waals surface area contributed by atoms with Gasteiger partial charge in [-0.15, -0.1) is 0 Å². The molecule has 0 aliphatic heterocycles. The van der Waals surface area contributed by atoms with Gasteiger partial charge in [0.2, 0.25) is 5.95 Å². The number of rotatable bonds is 2. The molecule has 4 nitrogen and oxygen atoms in total. The highest BCUT2D eigenvalue weighted by Gasteiger charge is 2.22. The second-order valence-electron chi connectivity index (χ2n) is 2.48. The van der Waals surface area contributed by atoms with Crippen molar-refractivity contribution in [2.75, 3.05) is 0 Å². The summed E-state index contributed by atoms with van der Waals surface area (Å²) in [5.74, 6) is -3.09. The molecule has 0 radical (unpaired) electrons. The predicted molar refractivity (Wildman–Crippen MR) is 40.8 cm³/mol. The van der Waals surface area contributed by atoms with Crippen LogP contribution < -0.4 is 0 Å². The monoisotopic (exact) mass is 216 g/mol. The van der Waals surface area contributed by atoms with E-state index >= 15 is 0 Å². The molecule has 0 spiro atoms. The lowest BCUT2D eigenvalue weighted by Gasteiger charge is -2.04. The Morgan fingerprint density at radius 1 is 1.60 bits per heavy atom. The smallest absolute Gasteiger partial charge is 0.356 e. The minimum Gasteiger partial charge on any atom is -0.476 e. The molecule has 0 fully saturated rings. The highest BCUT2D eigenvalue weighted by molar-refractivity contribution is 5.88. The fourth-order valence-corrected chi connectivity index (χ4v) is 0.977. The van der Waals surface area contributed by atoms with Crippen LogP contribution in [0.2, 0.25) is 0 Å². The second kappa shape index (κ2) is 3.96. The normalized spacial score (nSPS) is 10.1. The van der Waals surface area contributed by atoms with Crippen molar-refractivity contribution in [2.45, 2.75) is 6.43 Å². The Hall–Kier alpha value is -2.10. The maximum Gasteiger partial charge on any atom is 0.356 e. The Labute approximate surface area is 81.6 Å². The molecule has 15 heavy (non-hydrogen) atoms. The van der Waals surface area contributed by atoms with Gasteiger partial charge in [0.1, 0.15) is 6.07 Å². The van der Waals surface area contributed by atoms with Crippen LogP contribution in [0.4, 0.5) is 13.2 Å². The summed E-state index contributed by atoms with van der Waals surface area (Å²) in [6, 6.07) is 1.61. The van der Waals surface area contributed by atoms with Crippen molar-refractivity contribution in [3.8, 4) is 6.07 Å². The van der Waals surface area contributed by atoms with Crippen LogP contribution in [0.3, 0.4) is 0 Å². The number of nitriles is 1. The molecule has 1 N–H and O–H groups in total. The Balaban J connectivity index is 3.54. The third-order valence-electron chi connectivity index (χ3n) is 1.57. The molecule has 78 valence electrons. The van der Waals surface area contributed by atoms with Crippen molar-refractivity contribution in [3.05, 3.63) is 28.8 Å². The standard InChI is InChI=1S/C8H3F3N2O2/c9-5-1-3(7(10)11)4(2-12)6(13-5)8(14)15/h1,7H,(H,14,15). The minimum atomic E-state index is -3.13. The summed E-state index contributed by atoms with van der Waals surface area (Å²) in [5, 5.41) is 17.0. The van der Waals surface area contributed by atoms with Crippen LogP contribution in [0.25, 0.3) is 0 Å². The highest BCUT2D eigenvalue weighted by Crippen LogP contribution is 2.24. The van der Waals surface area contributed by atoms with E-state index < -0.39 is 35.2 Å². The van der Waals surface area contributed by atoms with Gasteiger partial charge in [0.15, 0.2) is 5.69 Å². The first-order valence-electron chi connectivity index (χ1n) is 3.59. The van der Waals surface area contributed by atoms with Gasteiger partial charge in [-0.3, -0.25) is 0 Å². The van der Waals surface area contributed by atoms with Crippen LogP contribution >= 0.6 is 0 Å². The average molecular weight is 216 g/mol. The van der Waals surface area contributed by atoms with Gasteiger partial charge >= 0.3 is 5.97 Å². The van der Waals surface area contributed by atoms with E-state index in [0.717, 1.165) is 0 Å². The van der Waals surface area contributed by atoms with Crippen LogP contribution in [0.15, 0.2) is 6.07 Å². The Kier molecular flexibility index (Phi) is 2.90. The predicted octanol–water partition coefficient (Wildman–Crippen LogP) is 1.73. The van der Waals surface area contributed by atoms with Crippen LogP contribution in [-0.4, -0.2) is 16.1 Å². The molecule has 1 aromatic heterocycles. The zero-order valence-electron chi connectivity index (χ0n) is 7.04. The van der Waals surface area contributed by atoms with Crippen molar-refractivity contribution < 1.29 is 23.1 Å². The van der Waals surface area contributed by atoms with Crippen LogP contribution in [0, 0.1) is 17.3 Å². The molecule has 1 rings (SSSR count). The van der Waals surface area contributed by atoms with Crippen molar-refractivity contribution >= 4 is 5.97 Å². The number of alkyl halides is 2. The van der Waals surface area contributed by atoms with E-state index in [0.29, 0.717) is 6.07 Å². The number of hydrogen-bond donors (Lipinski definition) is 1. The van der Waals surface area contributed by atoms with Crippen molar-refractivity contribution in [3.63, 3.8) is 0 Å². The van der Waals surface area contributed by atoms with Gasteiger partial charge in [-0.05, 0) is 0 Å². The van der Waals surface area contributed by atoms with Crippen LogP contribution in [0.1, 0.15) is 28.0 Å². The van der Waals surface area contributed by atoms with Gasteiger partial charge in [-0.2, -0.15) is 9.65 Å². The molecular weight excluding hydrogens is 213 g/mol. The molecule has 0 saturated carbocycles. The molecular formula is C8H3F3N2O2. The van der Waals surface area contributed by atoms with E-state index in [1.165, 1.54) is 6.07 Å². The quantitative estimate of drug-likeness (QED) is 0.764. The first-order chi connectivity index (χ1) is 6.97. The van der Waals surface area contributed by atoms with Crippen molar-refractivity contribution in [1.82, 2.24) is 4.98 Å². The van der Waals surface area contributed by atoms with Gasteiger partial charge in [-0.25, -0.2) is 18.6 Å². The van der Waals surface area contributed by atoms with Gasteiger partial charge in [0.05, 0.1) is 5.56 Å². The highest BCUT2D eigenvalue weighted by atomic mass is 19.3. The second-order valence-corrected chi connectivity index (χ2v) is 2.48. The van der Waals surface area contributed by atoms with Gasteiger partial charge in [0.25, 0.3) is 6.43 Å². The molecule has 0 unspecified atom stereocenters. The third kappa shape index (κ3) is 2.04. The summed E-state index contributed by atoms with van der Waals surface area (Å²) < 4.78 is 37.2. The number of carboxylic acid groups (broad SMARTS) is 1. The van der Waals surface area contributed by atoms with Gasteiger partial charge < -0.3 is 5.11 Å². The number of carboxylic acids is 1. The van der Waals surface area contributed by atoms with E-state index in [-0.39, 0.29) is 0 Å². The topological polar surface area (TPSA) is 74.0 Å². The molecule has 0 aliphatic carbocycles. The molecule has 0 atom stereocenters. The fourth-order valence-electron chi connectivity index (χ4n) is 0.977. The van der Waals surface area contributed by atoms with E-state index in [4.69, 9.17) is 10.4 Å². The zero-order valence-corrected chi connectivity index (χ0v) is 7.04. The summed E-state index contributed by atoms with van der Waals surface area (Å²) in [6.07, 6.45) is -3.13. The molecule has 1 aromatic rings. The largest absolute Gasteiger partial charge is 0.476 e. The zero-order chi connectivity index (χ0) is 11.6. The molecule has 7 heteroatoms. The summed E-state index contributed by atoms with van der Waals surface area (Å²) in [5.41, 5.74) is -2.80. The Bertz CT molecular complexity index is 454. The first-order valence-corrected chi connectivity index (χ1v) is 3.59. The molecule has 1 heterocycles. The minimum absolute atomic E-state index is 0.343. The summed E-state index contributed by atoms with van der Waals surface area (Å²) in [7, 11) is 0. The first kappa shape index (κ1) is 11.0.